The fourth-order valence-corrected chi connectivity index (χ4v) is 4.00. The van der Waals surface area contributed by atoms with Crippen molar-refractivity contribution in [2.75, 3.05) is 25.4 Å². The lowest BCUT2D eigenvalue weighted by Crippen LogP contribution is -2.63. The van der Waals surface area contributed by atoms with Gasteiger partial charge in [0.15, 0.2) is 0 Å². The molecule has 7 heteroatoms. The van der Waals surface area contributed by atoms with Gasteiger partial charge in [-0.15, -0.1) is 0 Å². The summed E-state index contributed by atoms with van der Waals surface area (Å²) in [5.41, 5.74) is -0.997. The zero-order chi connectivity index (χ0) is 14.7. The van der Waals surface area contributed by atoms with Crippen LogP contribution in [0.5, 0.6) is 0 Å². The molecule has 1 fully saturated rings. The molecule has 0 saturated carbocycles. The van der Waals surface area contributed by atoms with E-state index in [2.05, 4.69) is 10.6 Å². The standard InChI is InChI=1S/C12H25N3O3S/c1-10(2)13-6-5-9-19(17,18)15-8-7-14-11(16)12(15,3)4/h10,13H,5-9H2,1-4H3,(H,14,16). The molecule has 0 aromatic rings. The predicted molar refractivity (Wildman–Crippen MR) is 75.3 cm³/mol. The van der Waals surface area contributed by atoms with E-state index in [1.807, 2.05) is 13.8 Å². The van der Waals surface area contributed by atoms with E-state index in [0.717, 1.165) is 0 Å². The number of carbonyl (C=O) groups is 1. The van der Waals surface area contributed by atoms with Crippen molar-refractivity contribution >= 4 is 15.9 Å². The van der Waals surface area contributed by atoms with Gasteiger partial charge in [-0.25, -0.2) is 8.42 Å². The summed E-state index contributed by atoms with van der Waals surface area (Å²) in [6, 6.07) is 0.347. The first-order valence-corrected chi connectivity index (χ1v) is 8.31. The summed E-state index contributed by atoms with van der Waals surface area (Å²) >= 11 is 0. The molecule has 0 atom stereocenters. The van der Waals surface area contributed by atoms with Gasteiger partial charge < -0.3 is 10.6 Å². The second-order valence-electron chi connectivity index (χ2n) is 5.67. The minimum Gasteiger partial charge on any atom is -0.353 e. The largest absolute Gasteiger partial charge is 0.353 e. The van der Waals surface area contributed by atoms with Gasteiger partial charge in [-0.05, 0) is 26.8 Å². The van der Waals surface area contributed by atoms with Crippen molar-refractivity contribution in [1.82, 2.24) is 14.9 Å². The van der Waals surface area contributed by atoms with E-state index >= 15 is 0 Å². The molecule has 0 radical (unpaired) electrons. The van der Waals surface area contributed by atoms with Crippen LogP contribution in [0.4, 0.5) is 0 Å². The first kappa shape index (κ1) is 16.4. The molecular formula is C12H25N3O3S. The maximum atomic E-state index is 12.3. The Hall–Kier alpha value is -0.660. The van der Waals surface area contributed by atoms with Crippen LogP contribution in [0.1, 0.15) is 34.1 Å². The third-order valence-corrected chi connectivity index (χ3v) is 5.36. The third kappa shape index (κ3) is 4.15. The number of amides is 1. The average molecular weight is 291 g/mol. The van der Waals surface area contributed by atoms with Crippen molar-refractivity contribution in [2.24, 2.45) is 0 Å². The van der Waals surface area contributed by atoms with E-state index in [4.69, 9.17) is 0 Å². The number of hydrogen-bond donors (Lipinski definition) is 2. The van der Waals surface area contributed by atoms with Gasteiger partial charge in [-0.1, -0.05) is 13.8 Å². The van der Waals surface area contributed by atoms with E-state index in [1.165, 1.54) is 4.31 Å². The SMILES string of the molecule is CC(C)NCCCS(=O)(=O)N1CCNC(=O)C1(C)C. The number of piperazine rings is 1. The third-order valence-electron chi connectivity index (χ3n) is 3.25. The molecule has 0 aliphatic carbocycles. The molecule has 0 spiro atoms. The van der Waals surface area contributed by atoms with E-state index in [9.17, 15) is 13.2 Å². The molecule has 0 bridgehead atoms. The second kappa shape index (κ2) is 6.19. The van der Waals surface area contributed by atoms with Gasteiger partial charge in [-0.3, -0.25) is 4.79 Å². The number of hydrogen-bond acceptors (Lipinski definition) is 4. The normalized spacial score (nSPS) is 20.6. The molecule has 1 saturated heterocycles. The van der Waals surface area contributed by atoms with E-state index in [0.29, 0.717) is 32.1 Å². The Labute approximate surface area is 116 Å². The highest BCUT2D eigenvalue weighted by atomic mass is 32.2. The van der Waals surface area contributed by atoms with Crippen molar-refractivity contribution < 1.29 is 13.2 Å². The molecule has 19 heavy (non-hydrogen) atoms. The lowest BCUT2D eigenvalue weighted by Gasteiger charge is -2.39. The molecule has 2 N–H and O–H groups in total. The lowest BCUT2D eigenvalue weighted by molar-refractivity contribution is -0.131. The Morgan fingerprint density at radius 2 is 2.05 bits per heavy atom. The van der Waals surface area contributed by atoms with Crippen molar-refractivity contribution in [2.45, 2.75) is 45.7 Å². The quantitative estimate of drug-likeness (QED) is 0.671. The lowest BCUT2D eigenvalue weighted by atomic mass is 10.0. The van der Waals surface area contributed by atoms with Gasteiger partial charge >= 0.3 is 0 Å². The van der Waals surface area contributed by atoms with Crippen LogP contribution in [0.3, 0.4) is 0 Å². The van der Waals surface area contributed by atoms with Crippen LogP contribution in [0.2, 0.25) is 0 Å². The van der Waals surface area contributed by atoms with Crippen molar-refractivity contribution in [3.8, 4) is 0 Å². The zero-order valence-electron chi connectivity index (χ0n) is 12.2. The Morgan fingerprint density at radius 3 is 2.63 bits per heavy atom. The van der Waals surface area contributed by atoms with Crippen LogP contribution in [-0.4, -0.2) is 55.6 Å². The van der Waals surface area contributed by atoms with Crippen molar-refractivity contribution in [3.63, 3.8) is 0 Å². The van der Waals surface area contributed by atoms with E-state index < -0.39 is 15.6 Å². The Kier molecular flexibility index (Phi) is 5.34. The van der Waals surface area contributed by atoms with Gasteiger partial charge in [0.1, 0.15) is 5.54 Å². The monoisotopic (exact) mass is 291 g/mol. The first-order valence-electron chi connectivity index (χ1n) is 6.70. The molecule has 0 aromatic heterocycles. The molecule has 112 valence electrons. The summed E-state index contributed by atoms with van der Waals surface area (Å²) in [6.45, 7) is 8.72. The van der Waals surface area contributed by atoms with Gasteiger partial charge in [0, 0.05) is 19.1 Å². The number of nitrogens with one attached hydrogen (secondary N) is 2. The van der Waals surface area contributed by atoms with Crippen LogP contribution in [0.25, 0.3) is 0 Å². The Balaban J connectivity index is 2.63. The van der Waals surface area contributed by atoms with Gasteiger partial charge in [0.2, 0.25) is 15.9 Å². The van der Waals surface area contributed by atoms with Crippen LogP contribution in [-0.2, 0) is 14.8 Å². The van der Waals surface area contributed by atoms with Crippen LogP contribution in [0, 0.1) is 0 Å². The molecule has 6 nitrogen and oxygen atoms in total. The first-order chi connectivity index (χ1) is 8.68. The Morgan fingerprint density at radius 1 is 1.42 bits per heavy atom. The van der Waals surface area contributed by atoms with Crippen LogP contribution < -0.4 is 10.6 Å². The number of rotatable bonds is 6. The Bertz CT molecular complexity index is 418. The summed E-state index contributed by atoms with van der Waals surface area (Å²) in [6.07, 6.45) is 0.550. The molecule has 1 amide bonds. The van der Waals surface area contributed by atoms with Crippen LogP contribution >= 0.6 is 0 Å². The fraction of sp³-hybridized carbons (Fsp3) is 0.917. The highest BCUT2D eigenvalue weighted by molar-refractivity contribution is 7.89. The molecule has 0 aromatic carbocycles. The minimum atomic E-state index is -3.39. The van der Waals surface area contributed by atoms with E-state index in [1.54, 1.807) is 13.8 Å². The maximum absolute atomic E-state index is 12.3. The summed E-state index contributed by atoms with van der Waals surface area (Å²) in [7, 11) is -3.39. The topological polar surface area (TPSA) is 78.5 Å². The van der Waals surface area contributed by atoms with Crippen molar-refractivity contribution in [3.05, 3.63) is 0 Å². The van der Waals surface area contributed by atoms with Gasteiger partial charge in [0.05, 0.1) is 5.75 Å². The molecule has 1 rings (SSSR count). The summed E-state index contributed by atoms with van der Waals surface area (Å²) in [5, 5.41) is 5.89. The predicted octanol–water partition coefficient (Wildman–Crippen LogP) is -0.0853. The molecule has 1 aliphatic heterocycles. The molecule has 1 aliphatic rings. The summed E-state index contributed by atoms with van der Waals surface area (Å²) < 4.78 is 25.9. The van der Waals surface area contributed by atoms with Gasteiger partial charge in [-0.2, -0.15) is 4.31 Å². The molecule has 1 heterocycles. The fourth-order valence-electron chi connectivity index (χ4n) is 2.12. The number of carbonyl (C=O) groups excluding carboxylic acids is 1. The molecular weight excluding hydrogens is 266 g/mol. The summed E-state index contributed by atoms with van der Waals surface area (Å²) in [4.78, 5) is 11.8. The average Bonchev–Trinajstić information content (AvgIpc) is 2.27. The highest BCUT2D eigenvalue weighted by Crippen LogP contribution is 2.22. The minimum absolute atomic E-state index is 0.0728. The van der Waals surface area contributed by atoms with Crippen LogP contribution in [0.15, 0.2) is 0 Å². The van der Waals surface area contributed by atoms with E-state index in [-0.39, 0.29) is 11.7 Å². The summed E-state index contributed by atoms with van der Waals surface area (Å²) in [5.74, 6) is -0.161. The smallest absolute Gasteiger partial charge is 0.241 e. The van der Waals surface area contributed by atoms with Crippen molar-refractivity contribution in [1.29, 1.82) is 0 Å². The molecule has 0 unspecified atom stereocenters. The zero-order valence-corrected chi connectivity index (χ0v) is 13.0. The maximum Gasteiger partial charge on any atom is 0.241 e. The number of nitrogens with zero attached hydrogens (tertiary/aromatic N) is 1. The highest BCUT2D eigenvalue weighted by Gasteiger charge is 2.43. The number of sulfonamides is 1. The second-order valence-corrected chi connectivity index (χ2v) is 7.68. The van der Waals surface area contributed by atoms with Gasteiger partial charge in [0.25, 0.3) is 0 Å².